The van der Waals surface area contributed by atoms with Gasteiger partial charge >= 0.3 is 0 Å². The molecule has 2 aliphatic heterocycles. The molecule has 3 rings (SSSR count). The van der Waals surface area contributed by atoms with Crippen molar-refractivity contribution in [1.29, 1.82) is 0 Å². The predicted molar refractivity (Wildman–Crippen MR) is 98.7 cm³/mol. The number of nitrogens with one attached hydrogen (secondary N) is 4. The Bertz CT molecular complexity index is 586. The topological polar surface area (TPSA) is 85.5 Å². The highest BCUT2D eigenvalue weighted by molar-refractivity contribution is 7.80. The van der Waals surface area contributed by atoms with Crippen molar-refractivity contribution in [2.45, 2.75) is 56.3 Å². The van der Waals surface area contributed by atoms with Gasteiger partial charge in [-0.3, -0.25) is 14.5 Å². The number of nitrogens with zero attached hydrogens (tertiary/aromatic N) is 1. The molecule has 0 unspecified atom stereocenters. The second kappa shape index (κ2) is 8.02. The third kappa shape index (κ3) is 4.83. The molecule has 25 heavy (non-hydrogen) atoms. The van der Waals surface area contributed by atoms with Gasteiger partial charge in [0.25, 0.3) is 0 Å². The lowest BCUT2D eigenvalue weighted by molar-refractivity contribution is -0.129. The van der Waals surface area contributed by atoms with E-state index in [0.29, 0.717) is 30.5 Å². The zero-order valence-electron chi connectivity index (χ0n) is 14.2. The summed E-state index contributed by atoms with van der Waals surface area (Å²) in [7, 11) is 0. The first-order valence-corrected chi connectivity index (χ1v) is 9.28. The van der Waals surface area contributed by atoms with Gasteiger partial charge in [0, 0.05) is 37.6 Å². The number of amides is 2. The molecule has 136 valence electrons. The van der Waals surface area contributed by atoms with Crippen molar-refractivity contribution >= 4 is 29.1 Å². The van der Waals surface area contributed by atoms with E-state index in [9.17, 15) is 9.59 Å². The van der Waals surface area contributed by atoms with Gasteiger partial charge in [-0.15, -0.1) is 6.42 Å². The molecule has 0 radical (unpaired) electrons. The number of piperazine rings is 1. The molecule has 0 bridgehead atoms. The molecule has 2 saturated heterocycles. The van der Waals surface area contributed by atoms with E-state index in [2.05, 4.69) is 32.1 Å². The third-order valence-electron chi connectivity index (χ3n) is 4.96. The minimum Gasteiger partial charge on any atom is -0.360 e. The molecule has 4 N–H and O–H groups in total. The second-order valence-corrected chi connectivity index (χ2v) is 7.36. The summed E-state index contributed by atoms with van der Waals surface area (Å²) in [5.41, 5.74) is 0. The van der Waals surface area contributed by atoms with E-state index >= 15 is 0 Å². The predicted octanol–water partition coefficient (Wildman–Crippen LogP) is -0.916. The van der Waals surface area contributed by atoms with Crippen molar-refractivity contribution in [3.05, 3.63) is 0 Å². The average Bonchev–Trinajstić information content (AvgIpc) is 3.28. The molecule has 0 aromatic heterocycles. The Balaban J connectivity index is 1.50. The van der Waals surface area contributed by atoms with Gasteiger partial charge in [-0.25, -0.2) is 0 Å². The Morgan fingerprint density at radius 2 is 2.12 bits per heavy atom. The molecule has 8 heteroatoms. The van der Waals surface area contributed by atoms with Crippen LogP contribution in [0.2, 0.25) is 0 Å². The summed E-state index contributed by atoms with van der Waals surface area (Å²) < 4.78 is 0. The number of terminal acetylenes is 1. The largest absolute Gasteiger partial charge is 0.360 e. The van der Waals surface area contributed by atoms with Gasteiger partial charge < -0.3 is 21.3 Å². The van der Waals surface area contributed by atoms with E-state index in [0.717, 1.165) is 13.0 Å². The molecule has 1 aliphatic carbocycles. The lowest BCUT2D eigenvalue weighted by Gasteiger charge is -2.37. The first-order valence-electron chi connectivity index (χ1n) is 8.87. The lowest BCUT2D eigenvalue weighted by Crippen LogP contribution is -2.58. The zero-order chi connectivity index (χ0) is 17.8. The van der Waals surface area contributed by atoms with Gasteiger partial charge in [0.1, 0.15) is 0 Å². The summed E-state index contributed by atoms with van der Waals surface area (Å²) in [5, 5.41) is 12.9. The fourth-order valence-corrected chi connectivity index (χ4v) is 3.86. The monoisotopic (exact) mass is 363 g/mol. The van der Waals surface area contributed by atoms with Crippen molar-refractivity contribution in [2.24, 2.45) is 0 Å². The Labute approximate surface area is 153 Å². The second-order valence-electron chi connectivity index (χ2n) is 6.96. The van der Waals surface area contributed by atoms with Crippen molar-refractivity contribution < 1.29 is 9.59 Å². The van der Waals surface area contributed by atoms with Crippen molar-refractivity contribution in [3.63, 3.8) is 0 Å². The van der Waals surface area contributed by atoms with Gasteiger partial charge in [0.15, 0.2) is 5.11 Å². The van der Waals surface area contributed by atoms with Crippen LogP contribution in [-0.2, 0) is 9.59 Å². The number of rotatable bonds is 6. The highest BCUT2D eigenvalue weighted by Gasteiger charge is 2.43. The summed E-state index contributed by atoms with van der Waals surface area (Å²) in [5.74, 6) is 2.42. The SMILES string of the molecule is C#CCNC(=O)CC[C@@H]1CNC(=O)[C@@H]2C[C@H](NC(=S)NC3CC3)CN12. The van der Waals surface area contributed by atoms with Crippen LogP contribution in [0, 0.1) is 12.3 Å². The van der Waals surface area contributed by atoms with Gasteiger partial charge in [-0.05, 0) is 37.9 Å². The summed E-state index contributed by atoms with van der Waals surface area (Å²) in [6.07, 6.45) is 9.34. The van der Waals surface area contributed by atoms with Gasteiger partial charge in [0.2, 0.25) is 11.8 Å². The Morgan fingerprint density at radius 3 is 2.84 bits per heavy atom. The standard InChI is InChI=1S/C17H25N5O2S/c1-2-7-18-15(23)6-5-13-9-19-16(24)14-8-12(10-22(13)14)21-17(25)20-11-3-4-11/h1,11-14H,3-10H2,(H,18,23)(H,19,24)(H2,20,21,25)/t12-,13+,14-/m0/s1. The van der Waals surface area contributed by atoms with Crippen LogP contribution >= 0.6 is 12.2 Å². The van der Waals surface area contributed by atoms with Crippen LogP contribution in [0.1, 0.15) is 32.1 Å². The Hall–Kier alpha value is -1.85. The zero-order valence-corrected chi connectivity index (χ0v) is 15.0. The molecule has 3 atom stereocenters. The number of carbonyl (C=O) groups is 2. The fourth-order valence-electron chi connectivity index (χ4n) is 3.52. The van der Waals surface area contributed by atoms with E-state index < -0.39 is 0 Å². The number of thiocarbonyl (C=S) groups is 1. The molecule has 3 aliphatic rings. The van der Waals surface area contributed by atoms with E-state index in [4.69, 9.17) is 18.6 Å². The maximum Gasteiger partial charge on any atom is 0.237 e. The van der Waals surface area contributed by atoms with Crippen molar-refractivity contribution in [3.8, 4) is 12.3 Å². The van der Waals surface area contributed by atoms with E-state index in [-0.39, 0.29) is 36.5 Å². The van der Waals surface area contributed by atoms with Gasteiger partial charge in [-0.1, -0.05) is 5.92 Å². The molecular formula is C17H25N5O2S. The summed E-state index contributed by atoms with van der Waals surface area (Å²) in [6, 6.07) is 0.691. The van der Waals surface area contributed by atoms with Gasteiger partial charge in [-0.2, -0.15) is 0 Å². The maximum atomic E-state index is 12.2. The number of hydrogen-bond acceptors (Lipinski definition) is 4. The maximum absolute atomic E-state index is 12.2. The quantitative estimate of drug-likeness (QED) is 0.361. The molecule has 1 saturated carbocycles. The van der Waals surface area contributed by atoms with Crippen LogP contribution in [0.4, 0.5) is 0 Å². The summed E-state index contributed by atoms with van der Waals surface area (Å²) >= 11 is 5.35. The minimum atomic E-state index is -0.145. The molecule has 0 aromatic carbocycles. The van der Waals surface area contributed by atoms with E-state index in [1.165, 1.54) is 12.8 Å². The first-order chi connectivity index (χ1) is 12.1. The van der Waals surface area contributed by atoms with Crippen molar-refractivity contribution in [1.82, 2.24) is 26.2 Å². The highest BCUT2D eigenvalue weighted by atomic mass is 32.1. The number of carbonyl (C=O) groups excluding carboxylic acids is 2. The van der Waals surface area contributed by atoms with E-state index in [1.807, 2.05) is 0 Å². The average molecular weight is 363 g/mol. The lowest BCUT2D eigenvalue weighted by atomic mass is 10.0. The summed E-state index contributed by atoms with van der Waals surface area (Å²) in [6.45, 7) is 1.60. The van der Waals surface area contributed by atoms with E-state index in [1.54, 1.807) is 0 Å². The minimum absolute atomic E-state index is 0.0462. The molecule has 2 heterocycles. The summed E-state index contributed by atoms with van der Waals surface area (Å²) in [4.78, 5) is 26.2. The molecule has 3 fully saturated rings. The smallest absolute Gasteiger partial charge is 0.237 e. The number of fused-ring (bicyclic) bond motifs is 1. The van der Waals surface area contributed by atoms with Crippen LogP contribution in [0.25, 0.3) is 0 Å². The van der Waals surface area contributed by atoms with Crippen LogP contribution in [-0.4, -0.2) is 65.6 Å². The van der Waals surface area contributed by atoms with Crippen LogP contribution in [0.5, 0.6) is 0 Å². The fraction of sp³-hybridized carbons (Fsp3) is 0.706. The van der Waals surface area contributed by atoms with Crippen LogP contribution in [0.15, 0.2) is 0 Å². The Morgan fingerprint density at radius 1 is 1.36 bits per heavy atom. The molecule has 7 nitrogen and oxygen atoms in total. The molecule has 0 spiro atoms. The highest BCUT2D eigenvalue weighted by Crippen LogP contribution is 2.26. The van der Waals surface area contributed by atoms with Crippen LogP contribution in [0.3, 0.4) is 0 Å². The molecular weight excluding hydrogens is 338 g/mol. The molecule has 0 aromatic rings. The normalized spacial score (nSPS) is 28.4. The van der Waals surface area contributed by atoms with Gasteiger partial charge in [0.05, 0.1) is 12.6 Å². The Kier molecular flexibility index (Phi) is 5.76. The molecule has 2 amide bonds. The van der Waals surface area contributed by atoms with Crippen LogP contribution < -0.4 is 21.3 Å². The first kappa shape index (κ1) is 18.0. The van der Waals surface area contributed by atoms with Crippen molar-refractivity contribution in [2.75, 3.05) is 19.6 Å². The third-order valence-corrected chi connectivity index (χ3v) is 5.20. The number of hydrogen-bond donors (Lipinski definition) is 4.